The number of allylic oxidation sites excluding steroid dienone is 2. The Morgan fingerprint density at radius 2 is 2.08 bits per heavy atom. The van der Waals surface area contributed by atoms with Gasteiger partial charge in [-0.1, -0.05) is 11.6 Å². The zero-order valence-electron chi connectivity index (χ0n) is 6.47. The lowest BCUT2D eigenvalue weighted by atomic mass is 10.2. The van der Waals surface area contributed by atoms with Crippen LogP contribution in [0.5, 0.6) is 0 Å². The molecule has 0 aromatic heterocycles. The highest BCUT2D eigenvalue weighted by Gasteiger charge is 2.61. The first-order chi connectivity index (χ1) is 5.50. The molecular weight excluding hydrogens is 167 g/mol. The van der Waals surface area contributed by atoms with Crippen molar-refractivity contribution in [2.45, 2.75) is 25.2 Å². The van der Waals surface area contributed by atoms with Crippen molar-refractivity contribution in [2.75, 3.05) is 0 Å². The molecule has 0 aliphatic carbocycles. The van der Waals surface area contributed by atoms with E-state index < -0.39 is 18.3 Å². The fourth-order valence-electron chi connectivity index (χ4n) is 1.53. The smallest absolute Gasteiger partial charge is 0.355 e. The molecule has 4 heteroatoms. The Balaban J connectivity index is 2.16. The van der Waals surface area contributed by atoms with Gasteiger partial charge in [-0.25, -0.2) is 0 Å². The summed E-state index contributed by atoms with van der Waals surface area (Å²) in [5.74, 6) is 0. The van der Waals surface area contributed by atoms with Gasteiger partial charge in [-0.3, -0.25) is 0 Å². The first-order valence-electron chi connectivity index (χ1n) is 3.71. The number of rotatable bonds is 0. The van der Waals surface area contributed by atoms with Crippen molar-refractivity contribution in [1.82, 2.24) is 4.90 Å². The van der Waals surface area contributed by atoms with Crippen LogP contribution in [0.15, 0.2) is 23.9 Å². The van der Waals surface area contributed by atoms with Crippen LogP contribution in [0.4, 0.5) is 13.2 Å². The second kappa shape index (κ2) is 2.06. The number of halogens is 3. The summed E-state index contributed by atoms with van der Waals surface area (Å²) in [5.41, 5.74) is 0.906. The van der Waals surface area contributed by atoms with Crippen molar-refractivity contribution in [3.8, 4) is 0 Å². The van der Waals surface area contributed by atoms with Crippen LogP contribution >= 0.6 is 0 Å². The third-order valence-electron chi connectivity index (χ3n) is 2.18. The minimum atomic E-state index is -4.09. The lowest BCUT2D eigenvalue weighted by Gasteiger charge is -2.03. The molecule has 2 atom stereocenters. The average molecular weight is 175 g/mol. The van der Waals surface area contributed by atoms with Gasteiger partial charge in [0.1, 0.15) is 6.04 Å². The van der Waals surface area contributed by atoms with E-state index in [9.17, 15) is 13.2 Å². The molecule has 0 amide bonds. The van der Waals surface area contributed by atoms with Crippen LogP contribution in [0.1, 0.15) is 6.92 Å². The third kappa shape index (κ3) is 1.02. The lowest BCUT2D eigenvalue weighted by Crippen LogP contribution is -2.20. The Kier molecular flexibility index (Phi) is 1.32. The maximum atomic E-state index is 12.2. The quantitative estimate of drug-likeness (QED) is 0.509. The zero-order chi connectivity index (χ0) is 8.93. The minimum Gasteiger partial charge on any atom is -0.355 e. The SMILES string of the molecule is CC1=CC2C(C(F)(F)F)N2C=C1. The van der Waals surface area contributed by atoms with Gasteiger partial charge in [-0.05, 0) is 13.0 Å². The van der Waals surface area contributed by atoms with E-state index in [0.29, 0.717) is 0 Å². The van der Waals surface area contributed by atoms with Gasteiger partial charge in [0, 0.05) is 6.20 Å². The predicted octanol–water partition coefficient (Wildman–Crippen LogP) is 2.08. The Hall–Kier alpha value is -0.930. The summed E-state index contributed by atoms with van der Waals surface area (Å²) in [4.78, 5) is 1.31. The predicted molar refractivity (Wildman–Crippen MR) is 38.4 cm³/mol. The van der Waals surface area contributed by atoms with Gasteiger partial charge in [-0.15, -0.1) is 0 Å². The second-order valence-electron chi connectivity index (χ2n) is 3.15. The lowest BCUT2D eigenvalue weighted by molar-refractivity contribution is -0.135. The van der Waals surface area contributed by atoms with Gasteiger partial charge in [0.25, 0.3) is 0 Å². The number of fused-ring (bicyclic) bond motifs is 1. The number of alkyl halides is 3. The van der Waals surface area contributed by atoms with E-state index >= 15 is 0 Å². The Labute approximate surface area is 68.2 Å². The van der Waals surface area contributed by atoms with Crippen LogP contribution in [0.25, 0.3) is 0 Å². The van der Waals surface area contributed by atoms with E-state index in [-0.39, 0.29) is 0 Å². The van der Waals surface area contributed by atoms with Crippen LogP contribution in [-0.2, 0) is 0 Å². The zero-order valence-corrected chi connectivity index (χ0v) is 6.47. The van der Waals surface area contributed by atoms with Crippen molar-refractivity contribution in [3.63, 3.8) is 0 Å². The highest BCUT2D eigenvalue weighted by Crippen LogP contribution is 2.44. The largest absolute Gasteiger partial charge is 0.411 e. The van der Waals surface area contributed by atoms with E-state index in [1.807, 2.05) is 0 Å². The summed E-state index contributed by atoms with van der Waals surface area (Å²) < 4.78 is 36.5. The van der Waals surface area contributed by atoms with Gasteiger partial charge >= 0.3 is 6.18 Å². The molecule has 2 heterocycles. The highest BCUT2D eigenvalue weighted by molar-refractivity contribution is 5.33. The molecule has 0 bridgehead atoms. The van der Waals surface area contributed by atoms with Crippen LogP contribution in [0.3, 0.4) is 0 Å². The molecule has 1 fully saturated rings. The molecule has 0 aromatic rings. The van der Waals surface area contributed by atoms with Crippen molar-refractivity contribution in [1.29, 1.82) is 0 Å². The van der Waals surface area contributed by atoms with Crippen molar-refractivity contribution < 1.29 is 13.2 Å². The van der Waals surface area contributed by atoms with Crippen molar-refractivity contribution >= 4 is 0 Å². The van der Waals surface area contributed by atoms with Gasteiger partial charge in [0.05, 0.1) is 6.04 Å². The van der Waals surface area contributed by atoms with E-state index in [1.54, 1.807) is 19.1 Å². The molecule has 0 spiro atoms. The molecule has 66 valence electrons. The fourth-order valence-corrected chi connectivity index (χ4v) is 1.53. The summed E-state index contributed by atoms with van der Waals surface area (Å²) in [6, 6.07) is -1.71. The molecule has 2 unspecified atom stereocenters. The van der Waals surface area contributed by atoms with E-state index in [4.69, 9.17) is 0 Å². The first kappa shape index (κ1) is 7.71. The molecule has 0 aromatic carbocycles. The van der Waals surface area contributed by atoms with Gasteiger partial charge in [0.15, 0.2) is 0 Å². The van der Waals surface area contributed by atoms with Gasteiger partial charge in [-0.2, -0.15) is 13.2 Å². The summed E-state index contributed by atoms with van der Waals surface area (Å²) in [6.07, 6.45) is 0.772. The molecule has 2 aliphatic rings. The minimum absolute atomic E-state index is 0.435. The molecule has 1 nitrogen and oxygen atoms in total. The molecular formula is C8H8F3N. The van der Waals surface area contributed by atoms with Crippen molar-refractivity contribution in [3.05, 3.63) is 23.9 Å². The van der Waals surface area contributed by atoms with Crippen LogP contribution in [0.2, 0.25) is 0 Å². The highest BCUT2D eigenvalue weighted by atomic mass is 19.4. The van der Waals surface area contributed by atoms with Crippen LogP contribution in [-0.4, -0.2) is 23.2 Å². The summed E-state index contributed by atoms with van der Waals surface area (Å²) in [6.45, 7) is 1.81. The molecule has 0 N–H and O–H groups in total. The normalized spacial score (nSPS) is 33.0. The fraction of sp³-hybridized carbons (Fsp3) is 0.500. The molecule has 1 saturated heterocycles. The monoisotopic (exact) mass is 175 g/mol. The maximum Gasteiger partial charge on any atom is 0.411 e. The van der Waals surface area contributed by atoms with Crippen LogP contribution < -0.4 is 0 Å². The summed E-state index contributed by atoms with van der Waals surface area (Å²) in [5, 5.41) is 0. The van der Waals surface area contributed by atoms with E-state index in [1.165, 1.54) is 11.1 Å². The summed E-state index contributed by atoms with van der Waals surface area (Å²) >= 11 is 0. The second-order valence-corrected chi connectivity index (χ2v) is 3.15. The Morgan fingerprint density at radius 1 is 1.42 bits per heavy atom. The average Bonchev–Trinajstić information content (AvgIpc) is 2.58. The van der Waals surface area contributed by atoms with E-state index in [0.717, 1.165) is 5.57 Å². The molecule has 2 aliphatic heterocycles. The third-order valence-corrected chi connectivity index (χ3v) is 2.18. The maximum absolute atomic E-state index is 12.2. The molecule has 0 saturated carbocycles. The first-order valence-corrected chi connectivity index (χ1v) is 3.71. The number of nitrogens with zero attached hydrogens (tertiary/aromatic N) is 1. The van der Waals surface area contributed by atoms with Crippen molar-refractivity contribution in [2.24, 2.45) is 0 Å². The van der Waals surface area contributed by atoms with Gasteiger partial charge < -0.3 is 4.90 Å². The van der Waals surface area contributed by atoms with Gasteiger partial charge in [0.2, 0.25) is 0 Å². The molecule has 12 heavy (non-hydrogen) atoms. The standard InChI is InChI=1S/C8H8F3N/c1-5-2-3-12-6(4-5)7(12)8(9,10)11/h2-4,6-7H,1H3. The Morgan fingerprint density at radius 3 is 2.58 bits per heavy atom. The topological polar surface area (TPSA) is 3.01 Å². The molecule has 0 radical (unpaired) electrons. The van der Waals surface area contributed by atoms with Crippen LogP contribution in [0, 0.1) is 0 Å². The van der Waals surface area contributed by atoms with E-state index in [2.05, 4.69) is 0 Å². The number of hydrogen-bond donors (Lipinski definition) is 0. The number of hydrogen-bond acceptors (Lipinski definition) is 1. The molecule has 2 rings (SSSR count). The Bertz CT molecular complexity index is 264. The summed E-state index contributed by atoms with van der Waals surface area (Å²) in [7, 11) is 0.